The molecule has 0 saturated carbocycles. The third-order valence-electron chi connectivity index (χ3n) is 6.52. The average Bonchev–Trinajstić information content (AvgIpc) is 3.12. The fourth-order valence-electron chi connectivity index (χ4n) is 5.49. The Morgan fingerprint density at radius 1 is 0.842 bits per heavy atom. The van der Waals surface area contributed by atoms with E-state index in [4.69, 9.17) is 4.74 Å². The normalized spacial score (nSPS) is 21.0. The van der Waals surface area contributed by atoms with Crippen LogP contribution >= 0.6 is 0 Å². The van der Waals surface area contributed by atoms with Gasteiger partial charge in [-0.3, -0.25) is 14.9 Å². The van der Waals surface area contributed by atoms with Gasteiger partial charge in [0.15, 0.2) is 11.6 Å². The number of nitrogens with one attached hydrogen (secondary N) is 2. The minimum Gasteiger partial charge on any atom is -0.449 e. The first-order valence-corrected chi connectivity index (χ1v) is 14.2. The van der Waals surface area contributed by atoms with Gasteiger partial charge in [-0.1, -0.05) is 53.7 Å². The molecule has 2 atom stereocenters. The Labute approximate surface area is 232 Å². The van der Waals surface area contributed by atoms with Gasteiger partial charge in [-0.05, 0) is 74.1 Å². The number of ketones is 2. The molecular formula is C31H57N3O4. The number of ether oxygens (including phenoxy) is 1. The summed E-state index contributed by atoms with van der Waals surface area (Å²) in [5.74, 6) is 0.310. The Hall–Kier alpha value is -1.73. The summed E-state index contributed by atoms with van der Waals surface area (Å²) < 4.78 is 5.56. The zero-order chi connectivity index (χ0) is 29.8. The first-order chi connectivity index (χ1) is 16.9. The van der Waals surface area contributed by atoms with Crippen LogP contribution in [0.1, 0.15) is 116 Å². The zero-order valence-corrected chi connectivity index (χ0v) is 26.7. The molecule has 0 aliphatic carbocycles. The van der Waals surface area contributed by atoms with E-state index in [0.717, 1.165) is 6.42 Å². The van der Waals surface area contributed by atoms with Crippen molar-refractivity contribution < 1.29 is 19.1 Å². The van der Waals surface area contributed by atoms with Gasteiger partial charge >= 0.3 is 6.09 Å². The number of allylic oxidation sites excluding steroid dienone is 1. The van der Waals surface area contributed by atoms with Crippen molar-refractivity contribution in [1.29, 1.82) is 0 Å². The van der Waals surface area contributed by atoms with Gasteiger partial charge in [0.25, 0.3) is 0 Å². The second kappa shape index (κ2) is 12.2. The highest BCUT2D eigenvalue weighted by Crippen LogP contribution is 2.33. The molecule has 1 aliphatic rings. The van der Waals surface area contributed by atoms with Gasteiger partial charge in [-0.15, -0.1) is 0 Å². The van der Waals surface area contributed by atoms with E-state index in [0.29, 0.717) is 39.0 Å². The first-order valence-electron chi connectivity index (χ1n) is 14.2. The van der Waals surface area contributed by atoms with E-state index in [1.807, 2.05) is 69.2 Å². The number of unbranched alkanes of at least 4 members (excludes halogenated alkanes) is 1. The molecule has 0 radical (unpaired) electrons. The van der Waals surface area contributed by atoms with Crippen LogP contribution in [0.3, 0.4) is 0 Å². The maximum Gasteiger partial charge on any atom is 0.409 e. The lowest BCUT2D eigenvalue weighted by Gasteiger charge is -2.40. The lowest BCUT2D eigenvalue weighted by atomic mass is 9.76. The molecule has 0 spiro atoms. The van der Waals surface area contributed by atoms with Gasteiger partial charge in [-0.25, -0.2) is 4.79 Å². The number of carbonyl (C=O) groups excluding carboxylic acids is 3. The number of hydrogen-bond acceptors (Lipinski definition) is 6. The van der Waals surface area contributed by atoms with Crippen LogP contribution in [-0.2, 0) is 14.3 Å². The second-order valence-corrected chi connectivity index (χ2v) is 15.4. The van der Waals surface area contributed by atoms with Crippen molar-refractivity contribution in [3.63, 3.8) is 0 Å². The summed E-state index contributed by atoms with van der Waals surface area (Å²) in [6, 6.07) is 0. The number of Topliss-reactive ketones (excluding diaryl/α,β-unsaturated/α-hetero) is 2. The Morgan fingerprint density at radius 2 is 1.42 bits per heavy atom. The summed E-state index contributed by atoms with van der Waals surface area (Å²) in [6.45, 7) is 27.1. The standard InChI is InChI=1S/C31H57N3O4/c1-26(2,3)23(35)30(13,32-28(7,8)9)18-16-14-15-17-21-38-25(37)34-20-19-31(22-34,33-29(10,11)12)24(36)27(4,5)6/h14,16,32-33H,15,17-22H2,1-13H3/b16-14+/t30-,31+/m1/s1. The van der Waals surface area contributed by atoms with Gasteiger partial charge in [0.05, 0.1) is 17.7 Å². The second-order valence-electron chi connectivity index (χ2n) is 15.4. The van der Waals surface area contributed by atoms with Crippen LogP contribution in [0.2, 0.25) is 0 Å². The Bertz CT molecular complexity index is 868. The van der Waals surface area contributed by atoms with Gasteiger partial charge < -0.3 is 15.0 Å². The van der Waals surface area contributed by atoms with Crippen LogP contribution in [0.4, 0.5) is 4.79 Å². The molecule has 2 N–H and O–H groups in total. The number of carbonyl (C=O) groups is 3. The fraction of sp³-hybridized carbons (Fsp3) is 0.839. The van der Waals surface area contributed by atoms with E-state index in [9.17, 15) is 14.4 Å². The molecule has 1 fully saturated rings. The predicted molar refractivity (Wildman–Crippen MR) is 156 cm³/mol. The Kier molecular flexibility index (Phi) is 11.0. The highest BCUT2D eigenvalue weighted by molar-refractivity contribution is 5.94. The Morgan fingerprint density at radius 3 is 1.89 bits per heavy atom. The molecule has 0 aromatic rings. The number of nitrogens with zero attached hydrogens (tertiary/aromatic N) is 1. The summed E-state index contributed by atoms with van der Waals surface area (Å²) in [7, 11) is 0. The lowest BCUT2D eigenvalue weighted by molar-refractivity contribution is -0.134. The monoisotopic (exact) mass is 535 g/mol. The molecule has 1 saturated heterocycles. The number of amides is 1. The van der Waals surface area contributed by atoms with E-state index in [2.05, 4.69) is 43.6 Å². The molecule has 38 heavy (non-hydrogen) atoms. The SMILES string of the molecule is CC(C)(C)N[C@@]1(C(=O)C(C)(C)C)CCN(C(=O)OCCC/C=C/C[C@@](C)(NC(C)(C)C)C(=O)C(C)(C)C)C1. The topological polar surface area (TPSA) is 87.7 Å². The molecule has 1 aliphatic heterocycles. The molecule has 220 valence electrons. The molecule has 0 aromatic carbocycles. The van der Waals surface area contributed by atoms with E-state index in [1.54, 1.807) is 4.90 Å². The molecule has 1 rings (SSSR count). The number of likely N-dealkylation sites (tertiary alicyclic amines) is 1. The third kappa shape index (κ3) is 10.4. The first kappa shape index (κ1) is 34.3. The molecule has 0 unspecified atom stereocenters. The maximum atomic E-state index is 13.4. The quantitative estimate of drug-likeness (QED) is 0.261. The predicted octanol–water partition coefficient (Wildman–Crippen LogP) is 6.06. The molecule has 0 aromatic heterocycles. The van der Waals surface area contributed by atoms with E-state index in [1.165, 1.54) is 0 Å². The molecular weight excluding hydrogens is 478 g/mol. The fourth-order valence-corrected chi connectivity index (χ4v) is 5.49. The molecule has 0 bridgehead atoms. The number of rotatable bonds is 10. The van der Waals surface area contributed by atoms with Crippen molar-refractivity contribution in [2.45, 2.75) is 138 Å². The van der Waals surface area contributed by atoms with Crippen LogP contribution in [0.15, 0.2) is 12.2 Å². The highest BCUT2D eigenvalue weighted by Gasteiger charge is 2.51. The summed E-state index contributed by atoms with van der Waals surface area (Å²) >= 11 is 0. The van der Waals surface area contributed by atoms with Gasteiger partial charge in [0, 0.05) is 35.0 Å². The minimum absolute atomic E-state index is 0.123. The summed E-state index contributed by atoms with van der Waals surface area (Å²) in [6.07, 6.45) is 6.36. The smallest absolute Gasteiger partial charge is 0.409 e. The zero-order valence-electron chi connectivity index (χ0n) is 26.7. The van der Waals surface area contributed by atoms with E-state index in [-0.39, 0.29) is 28.7 Å². The van der Waals surface area contributed by atoms with Crippen molar-refractivity contribution in [2.75, 3.05) is 19.7 Å². The summed E-state index contributed by atoms with van der Waals surface area (Å²) in [5, 5.41) is 7.04. The summed E-state index contributed by atoms with van der Waals surface area (Å²) in [5.41, 5.74) is -2.83. The number of hydrogen-bond donors (Lipinski definition) is 2. The van der Waals surface area contributed by atoms with Gasteiger partial charge in [0.1, 0.15) is 0 Å². The van der Waals surface area contributed by atoms with Crippen molar-refractivity contribution >= 4 is 17.7 Å². The summed E-state index contributed by atoms with van der Waals surface area (Å²) in [4.78, 5) is 41.0. The lowest BCUT2D eigenvalue weighted by Crippen LogP contribution is -2.63. The maximum absolute atomic E-state index is 13.4. The third-order valence-corrected chi connectivity index (χ3v) is 6.52. The average molecular weight is 536 g/mol. The van der Waals surface area contributed by atoms with Gasteiger partial charge in [-0.2, -0.15) is 0 Å². The molecule has 7 nitrogen and oxygen atoms in total. The van der Waals surface area contributed by atoms with Crippen LogP contribution < -0.4 is 10.6 Å². The van der Waals surface area contributed by atoms with Crippen LogP contribution in [0, 0.1) is 10.8 Å². The van der Waals surface area contributed by atoms with Crippen molar-refractivity contribution in [3.8, 4) is 0 Å². The van der Waals surface area contributed by atoms with E-state index < -0.39 is 21.9 Å². The molecule has 7 heteroatoms. The van der Waals surface area contributed by atoms with Crippen molar-refractivity contribution in [1.82, 2.24) is 15.5 Å². The van der Waals surface area contributed by atoms with Crippen molar-refractivity contribution in [2.24, 2.45) is 10.8 Å². The minimum atomic E-state index is -0.767. The van der Waals surface area contributed by atoms with Crippen molar-refractivity contribution in [3.05, 3.63) is 12.2 Å². The van der Waals surface area contributed by atoms with Crippen LogP contribution in [-0.4, -0.2) is 64.4 Å². The largest absolute Gasteiger partial charge is 0.449 e. The Balaban J connectivity index is 2.66. The molecule has 1 amide bonds. The van der Waals surface area contributed by atoms with E-state index >= 15 is 0 Å². The van der Waals surface area contributed by atoms with Crippen LogP contribution in [0.5, 0.6) is 0 Å². The van der Waals surface area contributed by atoms with Crippen LogP contribution in [0.25, 0.3) is 0 Å². The van der Waals surface area contributed by atoms with Gasteiger partial charge in [0.2, 0.25) is 0 Å². The highest BCUT2D eigenvalue weighted by atomic mass is 16.6. The molecule has 1 heterocycles.